The lowest BCUT2D eigenvalue weighted by Crippen LogP contribution is -2.37. The Morgan fingerprint density at radius 3 is 2.33 bits per heavy atom. The predicted octanol–water partition coefficient (Wildman–Crippen LogP) is 2.39. The van der Waals surface area contributed by atoms with E-state index >= 15 is 0 Å². The second-order valence-corrected chi connectivity index (χ2v) is 4.33. The van der Waals surface area contributed by atoms with Gasteiger partial charge in [-0.1, -0.05) is 0 Å². The first kappa shape index (κ1) is 19.5. The first-order valence-corrected chi connectivity index (χ1v) is 6.07. The highest BCUT2D eigenvalue weighted by Gasteiger charge is 2.28. The molecule has 1 aromatic rings. The molecule has 0 aliphatic heterocycles. The molecule has 0 aliphatic rings. The van der Waals surface area contributed by atoms with Gasteiger partial charge in [0.1, 0.15) is 5.75 Å². The van der Waals surface area contributed by atoms with Crippen molar-refractivity contribution in [3.05, 3.63) is 29.8 Å². The van der Waals surface area contributed by atoms with Crippen LogP contribution in [0.1, 0.15) is 17.3 Å². The van der Waals surface area contributed by atoms with E-state index in [2.05, 4.69) is 15.4 Å². The number of carbonyl (C=O) groups excluding carboxylic acids is 1. The summed E-state index contributed by atoms with van der Waals surface area (Å²) in [4.78, 5) is 11.7. The van der Waals surface area contributed by atoms with Crippen molar-refractivity contribution in [2.24, 2.45) is 0 Å². The van der Waals surface area contributed by atoms with Gasteiger partial charge in [-0.3, -0.25) is 4.79 Å². The molecule has 1 aromatic carbocycles. The number of hydrogen-bond acceptors (Lipinski definition) is 3. The zero-order chi connectivity index (χ0) is 15.2. The van der Waals surface area contributed by atoms with Crippen LogP contribution in [0.3, 0.4) is 0 Å². The lowest BCUT2D eigenvalue weighted by molar-refractivity contribution is -0.153. The minimum absolute atomic E-state index is 0. The molecule has 120 valence electrons. The molecule has 21 heavy (non-hydrogen) atoms. The van der Waals surface area contributed by atoms with Crippen molar-refractivity contribution in [2.75, 3.05) is 20.2 Å². The van der Waals surface area contributed by atoms with Gasteiger partial charge in [-0.15, -0.1) is 12.4 Å². The van der Waals surface area contributed by atoms with E-state index in [0.717, 1.165) is 0 Å². The molecule has 0 spiro atoms. The SMILES string of the molecule is CNC(C)CNC(=O)c1ccc(OCC(F)(F)F)cc1.Cl. The van der Waals surface area contributed by atoms with Crippen LogP contribution in [-0.4, -0.2) is 38.3 Å². The molecule has 2 N–H and O–H groups in total. The van der Waals surface area contributed by atoms with Gasteiger partial charge in [-0.25, -0.2) is 0 Å². The summed E-state index contributed by atoms with van der Waals surface area (Å²) in [5, 5.41) is 5.67. The Morgan fingerprint density at radius 2 is 1.86 bits per heavy atom. The summed E-state index contributed by atoms with van der Waals surface area (Å²) in [5.41, 5.74) is 0.368. The zero-order valence-corrected chi connectivity index (χ0v) is 12.5. The Hall–Kier alpha value is -1.47. The van der Waals surface area contributed by atoms with Crippen LogP contribution < -0.4 is 15.4 Å². The summed E-state index contributed by atoms with van der Waals surface area (Å²) in [6, 6.07) is 5.65. The molecule has 1 atom stereocenters. The van der Waals surface area contributed by atoms with Gasteiger partial charge in [0.2, 0.25) is 0 Å². The standard InChI is InChI=1S/C13H17F3N2O2.ClH/c1-9(17-2)7-18-12(19)10-3-5-11(6-4-10)20-8-13(14,15)16;/h3-6,9,17H,7-8H2,1-2H3,(H,18,19);1H. The first-order chi connectivity index (χ1) is 9.31. The lowest BCUT2D eigenvalue weighted by Gasteiger charge is -2.12. The Bertz CT molecular complexity index is 438. The zero-order valence-electron chi connectivity index (χ0n) is 11.7. The number of rotatable bonds is 6. The maximum atomic E-state index is 12.0. The van der Waals surface area contributed by atoms with Crippen LogP contribution in [0.15, 0.2) is 24.3 Å². The van der Waals surface area contributed by atoms with Gasteiger partial charge < -0.3 is 15.4 Å². The highest BCUT2D eigenvalue weighted by molar-refractivity contribution is 5.94. The number of ether oxygens (including phenoxy) is 1. The van der Waals surface area contributed by atoms with E-state index < -0.39 is 12.8 Å². The normalized spacial score (nSPS) is 12.2. The van der Waals surface area contributed by atoms with Gasteiger partial charge in [0.05, 0.1) is 0 Å². The Labute approximate surface area is 127 Å². The average molecular weight is 327 g/mol. The van der Waals surface area contributed by atoms with Crippen LogP contribution in [0.4, 0.5) is 13.2 Å². The number of benzene rings is 1. The molecule has 1 amide bonds. The van der Waals surface area contributed by atoms with Crippen molar-refractivity contribution in [1.82, 2.24) is 10.6 Å². The van der Waals surface area contributed by atoms with Crippen LogP contribution in [0.5, 0.6) is 5.75 Å². The van der Waals surface area contributed by atoms with Crippen molar-refractivity contribution < 1.29 is 22.7 Å². The Morgan fingerprint density at radius 1 is 1.29 bits per heavy atom. The van der Waals surface area contributed by atoms with Crippen LogP contribution in [0.2, 0.25) is 0 Å². The number of alkyl halides is 3. The minimum Gasteiger partial charge on any atom is -0.484 e. The van der Waals surface area contributed by atoms with Gasteiger partial charge in [0.15, 0.2) is 6.61 Å². The molecular weight excluding hydrogens is 309 g/mol. The first-order valence-electron chi connectivity index (χ1n) is 6.07. The topological polar surface area (TPSA) is 50.4 Å². The monoisotopic (exact) mass is 326 g/mol. The third-order valence-electron chi connectivity index (χ3n) is 2.58. The number of amides is 1. The number of likely N-dealkylation sites (N-methyl/N-ethyl adjacent to an activating group) is 1. The van der Waals surface area contributed by atoms with E-state index in [9.17, 15) is 18.0 Å². The maximum absolute atomic E-state index is 12.0. The number of nitrogens with one attached hydrogen (secondary N) is 2. The molecule has 0 saturated heterocycles. The molecule has 0 aliphatic carbocycles. The van der Waals surface area contributed by atoms with E-state index in [1.165, 1.54) is 24.3 Å². The molecule has 0 saturated carbocycles. The van der Waals surface area contributed by atoms with Crippen LogP contribution >= 0.6 is 12.4 Å². The Balaban J connectivity index is 0.00000400. The Kier molecular flexibility index (Phi) is 8.12. The largest absolute Gasteiger partial charge is 0.484 e. The molecule has 8 heteroatoms. The second kappa shape index (κ2) is 8.74. The van der Waals surface area contributed by atoms with E-state index in [-0.39, 0.29) is 30.1 Å². The molecule has 1 rings (SSSR count). The van der Waals surface area contributed by atoms with Crippen molar-refractivity contribution in [3.63, 3.8) is 0 Å². The molecule has 0 heterocycles. The average Bonchev–Trinajstić information content (AvgIpc) is 2.41. The van der Waals surface area contributed by atoms with Gasteiger partial charge in [-0.2, -0.15) is 13.2 Å². The molecular formula is C13H18ClF3N2O2. The van der Waals surface area contributed by atoms with Crippen molar-refractivity contribution in [1.29, 1.82) is 0 Å². The highest BCUT2D eigenvalue weighted by Crippen LogP contribution is 2.18. The summed E-state index contributed by atoms with van der Waals surface area (Å²) in [5.74, 6) is -0.211. The van der Waals surface area contributed by atoms with Crippen molar-refractivity contribution >= 4 is 18.3 Å². The van der Waals surface area contributed by atoms with Gasteiger partial charge in [0.25, 0.3) is 5.91 Å². The van der Waals surface area contributed by atoms with Crippen molar-refractivity contribution in [3.8, 4) is 5.75 Å². The van der Waals surface area contributed by atoms with Gasteiger partial charge in [0, 0.05) is 18.2 Å². The second-order valence-electron chi connectivity index (χ2n) is 4.33. The summed E-state index contributed by atoms with van der Waals surface area (Å²) in [6.07, 6.45) is -4.38. The summed E-state index contributed by atoms with van der Waals surface area (Å²) in [7, 11) is 1.78. The van der Waals surface area contributed by atoms with Crippen molar-refractivity contribution in [2.45, 2.75) is 19.1 Å². The molecule has 0 bridgehead atoms. The summed E-state index contributed by atoms with van der Waals surface area (Å²) in [6.45, 7) is 1.02. The number of hydrogen-bond donors (Lipinski definition) is 2. The molecule has 1 unspecified atom stereocenters. The summed E-state index contributed by atoms with van der Waals surface area (Å²) < 4.78 is 40.4. The third kappa shape index (κ3) is 7.77. The molecule has 0 fully saturated rings. The molecule has 4 nitrogen and oxygen atoms in total. The van der Waals surface area contributed by atoms with Crippen LogP contribution in [-0.2, 0) is 0 Å². The van der Waals surface area contributed by atoms with E-state index in [1.54, 1.807) is 7.05 Å². The third-order valence-corrected chi connectivity index (χ3v) is 2.58. The lowest BCUT2D eigenvalue weighted by atomic mass is 10.2. The number of carbonyl (C=O) groups is 1. The van der Waals surface area contributed by atoms with Gasteiger partial charge >= 0.3 is 6.18 Å². The highest BCUT2D eigenvalue weighted by atomic mass is 35.5. The van der Waals surface area contributed by atoms with E-state index in [0.29, 0.717) is 12.1 Å². The quantitative estimate of drug-likeness (QED) is 0.844. The smallest absolute Gasteiger partial charge is 0.422 e. The van der Waals surface area contributed by atoms with E-state index in [1.807, 2.05) is 6.92 Å². The predicted molar refractivity (Wildman–Crippen MR) is 76.1 cm³/mol. The summed E-state index contributed by atoms with van der Waals surface area (Å²) >= 11 is 0. The van der Waals surface area contributed by atoms with E-state index in [4.69, 9.17) is 0 Å². The minimum atomic E-state index is -4.38. The maximum Gasteiger partial charge on any atom is 0.422 e. The van der Waals surface area contributed by atoms with Crippen LogP contribution in [0, 0.1) is 0 Å². The number of halogens is 4. The molecule has 0 radical (unpaired) electrons. The fraction of sp³-hybridized carbons (Fsp3) is 0.462. The fourth-order valence-corrected chi connectivity index (χ4v) is 1.32. The fourth-order valence-electron chi connectivity index (χ4n) is 1.32. The van der Waals surface area contributed by atoms with Crippen LogP contribution in [0.25, 0.3) is 0 Å². The molecule has 0 aromatic heterocycles. The van der Waals surface area contributed by atoms with Gasteiger partial charge in [-0.05, 0) is 38.2 Å².